The van der Waals surface area contributed by atoms with E-state index in [2.05, 4.69) is 24.1 Å². The van der Waals surface area contributed by atoms with Crippen molar-refractivity contribution in [2.24, 2.45) is 5.92 Å². The van der Waals surface area contributed by atoms with Crippen molar-refractivity contribution in [1.29, 1.82) is 0 Å². The van der Waals surface area contributed by atoms with Crippen molar-refractivity contribution in [3.05, 3.63) is 40.2 Å². The maximum Gasteiger partial charge on any atom is 0.248 e. The van der Waals surface area contributed by atoms with Crippen LogP contribution < -0.4 is 10.9 Å². The first kappa shape index (κ1) is 17.3. The Bertz CT molecular complexity index is 728. The molecule has 0 radical (unpaired) electrons. The zero-order valence-corrected chi connectivity index (χ0v) is 14.2. The summed E-state index contributed by atoms with van der Waals surface area (Å²) in [6.45, 7) is 6.23. The molecular formula is C19H26N2O2. The molecule has 0 bridgehead atoms. The van der Waals surface area contributed by atoms with Gasteiger partial charge in [0.15, 0.2) is 0 Å². The van der Waals surface area contributed by atoms with Gasteiger partial charge in [-0.05, 0) is 37.0 Å². The van der Waals surface area contributed by atoms with E-state index in [0.29, 0.717) is 0 Å². The third-order valence-corrected chi connectivity index (χ3v) is 4.22. The van der Waals surface area contributed by atoms with Crippen molar-refractivity contribution in [2.45, 2.75) is 52.9 Å². The molecule has 124 valence electrons. The van der Waals surface area contributed by atoms with E-state index in [4.69, 9.17) is 0 Å². The highest BCUT2D eigenvalue weighted by atomic mass is 16.2. The van der Waals surface area contributed by atoms with Gasteiger partial charge in [0.05, 0.1) is 5.52 Å². The van der Waals surface area contributed by atoms with Gasteiger partial charge in [0.2, 0.25) is 11.5 Å². The average molecular weight is 314 g/mol. The maximum atomic E-state index is 12.4. The second-order valence-corrected chi connectivity index (χ2v) is 6.04. The topological polar surface area (TPSA) is 62.0 Å². The van der Waals surface area contributed by atoms with Crippen molar-refractivity contribution in [3.63, 3.8) is 0 Å². The largest absolute Gasteiger partial charge is 0.326 e. The fourth-order valence-corrected chi connectivity index (χ4v) is 3.05. The summed E-state index contributed by atoms with van der Waals surface area (Å²) in [4.78, 5) is 27.0. The van der Waals surface area contributed by atoms with Gasteiger partial charge in [-0.25, -0.2) is 0 Å². The minimum atomic E-state index is -0.104. The van der Waals surface area contributed by atoms with Crippen LogP contribution in [0.4, 0.5) is 5.69 Å². The zero-order valence-electron chi connectivity index (χ0n) is 14.2. The van der Waals surface area contributed by atoms with Gasteiger partial charge in [-0.2, -0.15) is 0 Å². The molecule has 0 spiro atoms. The van der Waals surface area contributed by atoms with Crippen LogP contribution in [0.2, 0.25) is 0 Å². The van der Waals surface area contributed by atoms with E-state index in [-0.39, 0.29) is 17.4 Å². The van der Waals surface area contributed by atoms with Crippen LogP contribution in [0.5, 0.6) is 0 Å². The number of benzene rings is 1. The molecular weight excluding hydrogens is 288 g/mol. The summed E-state index contributed by atoms with van der Waals surface area (Å²) in [5.74, 6) is 0.128. The number of carbonyl (C=O) groups excluding carboxylic acids is 1. The zero-order chi connectivity index (χ0) is 16.8. The van der Waals surface area contributed by atoms with Gasteiger partial charge in [-0.3, -0.25) is 9.59 Å². The predicted molar refractivity (Wildman–Crippen MR) is 95.9 cm³/mol. The number of hydrogen-bond acceptors (Lipinski definition) is 2. The van der Waals surface area contributed by atoms with Crippen LogP contribution in [0.25, 0.3) is 10.9 Å². The quantitative estimate of drug-likeness (QED) is 0.802. The molecule has 0 saturated heterocycles. The number of anilines is 1. The van der Waals surface area contributed by atoms with E-state index in [1.54, 1.807) is 6.07 Å². The highest BCUT2D eigenvalue weighted by Crippen LogP contribution is 2.22. The molecule has 0 unspecified atom stereocenters. The van der Waals surface area contributed by atoms with E-state index < -0.39 is 0 Å². The Morgan fingerprint density at radius 2 is 1.83 bits per heavy atom. The second kappa shape index (κ2) is 7.95. The summed E-state index contributed by atoms with van der Waals surface area (Å²) in [5.41, 5.74) is 2.43. The molecule has 0 aliphatic rings. The molecule has 0 fully saturated rings. The monoisotopic (exact) mass is 314 g/mol. The van der Waals surface area contributed by atoms with Gasteiger partial charge in [0, 0.05) is 23.1 Å². The van der Waals surface area contributed by atoms with Crippen molar-refractivity contribution in [2.75, 3.05) is 5.32 Å². The van der Waals surface area contributed by atoms with E-state index in [9.17, 15) is 9.59 Å². The lowest BCUT2D eigenvalue weighted by Gasteiger charge is -2.15. The summed E-state index contributed by atoms with van der Waals surface area (Å²) in [6.07, 6.45) is 4.63. The Kier molecular flexibility index (Phi) is 5.97. The van der Waals surface area contributed by atoms with E-state index in [0.717, 1.165) is 54.3 Å². The van der Waals surface area contributed by atoms with Gasteiger partial charge in [0.25, 0.3) is 0 Å². The van der Waals surface area contributed by atoms with Crippen molar-refractivity contribution in [3.8, 4) is 0 Å². The lowest BCUT2D eigenvalue weighted by Crippen LogP contribution is -2.22. The van der Waals surface area contributed by atoms with Gasteiger partial charge in [-0.15, -0.1) is 0 Å². The van der Waals surface area contributed by atoms with Crippen molar-refractivity contribution >= 4 is 22.5 Å². The highest BCUT2D eigenvalue weighted by Gasteiger charge is 2.16. The van der Waals surface area contributed by atoms with E-state index in [1.165, 1.54) is 0 Å². The summed E-state index contributed by atoms with van der Waals surface area (Å²) >= 11 is 0. The number of carbonyl (C=O) groups is 1. The Morgan fingerprint density at radius 1 is 1.13 bits per heavy atom. The normalized spacial score (nSPS) is 11.1. The Labute approximate surface area is 137 Å². The molecule has 0 atom stereocenters. The smallest absolute Gasteiger partial charge is 0.248 e. The van der Waals surface area contributed by atoms with Crippen LogP contribution in [-0.2, 0) is 11.2 Å². The fourth-order valence-electron chi connectivity index (χ4n) is 3.05. The number of aromatic amines is 1. The minimum absolute atomic E-state index is 0.0572. The molecule has 1 aromatic heterocycles. The number of fused-ring (bicyclic) bond motifs is 1. The predicted octanol–water partition coefficient (Wildman–Crippen LogP) is 4.25. The van der Waals surface area contributed by atoms with Gasteiger partial charge in [0.1, 0.15) is 0 Å². The Balaban J connectivity index is 2.27. The number of aromatic nitrogens is 1. The molecule has 2 aromatic rings. The average Bonchev–Trinajstić information content (AvgIpc) is 2.53. The van der Waals surface area contributed by atoms with Gasteiger partial charge >= 0.3 is 0 Å². The first-order chi connectivity index (χ1) is 11.1. The molecule has 0 aliphatic heterocycles. The number of hydrogen-bond donors (Lipinski definition) is 2. The summed E-state index contributed by atoms with van der Waals surface area (Å²) in [6, 6.07) is 7.36. The first-order valence-corrected chi connectivity index (χ1v) is 8.55. The molecule has 1 aromatic carbocycles. The number of rotatable bonds is 7. The fraction of sp³-hybridized carbons (Fsp3) is 0.474. The van der Waals surface area contributed by atoms with Crippen LogP contribution in [0.1, 0.15) is 52.0 Å². The molecule has 23 heavy (non-hydrogen) atoms. The Hall–Kier alpha value is -2.10. The van der Waals surface area contributed by atoms with Gasteiger partial charge < -0.3 is 10.3 Å². The van der Waals surface area contributed by atoms with E-state index in [1.807, 2.05) is 25.1 Å². The third-order valence-electron chi connectivity index (χ3n) is 4.22. The summed E-state index contributed by atoms with van der Waals surface area (Å²) in [7, 11) is 0. The number of H-pyrrole nitrogens is 1. The maximum absolute atomic E-state index is 12.4. The van der Waals surface area contributed by atoms with Crippen LogP contribution >= 0.6 is 0 Å². The standard InChI is InChI=1S/C19H26N2O2/c1-4-7-14(8-5-2)19(23)20-15-9-10-16-13(6-3)11-18(22)21-17(16)12-15/h9-12,14H,4-8H2,1-3H3,(H,20,23)(H,21,22). The van der Waals surface area contributed by atoms with Crippen LogP contribution in [0.15, 0.2) is 29.1 Å². The van der Waals surface area contributed by atoms with Gasteiger partial charge in [-0.1, -0.05) is 39.7 Å². The van der Waals surface area contributed by atoms with Crippen LogP contribution in [0.3, 0.4) is 0 Å². The summed E-state index contributed by atoms with van der Waals surface area (Å²) < 4.78 is 0. The SMILES string of the molecule is CCCC(CCC)C(=O)Nc1ccc2c(CC)cc(=O)[nH]c2c1. The molecule has 4 heteroatoms. The highest BCUT2D eigenvalue weighted by molar-refractivity contribution is 5.95. The number of nitrogens with one attached hydrogen (secondary N) is 2. The van der Waals surface area contributed by atoms with Crippen molar-refractivity contribution < 1.29 is 4.79 Å². The second-order valence-electron chi connectivity index (χ2n) is 6.04. The molecule has 0 saturated carbocycles. The van der Waals surface area contributed by atoms with Crippen molar-refractivity contribution in [1.82, 2.24) is 4.98 Å². The molecule has 2 rings (SSSR count). The first-order valence-electron chi connectivity index (χ1n) is 8.55. The molecule has 4 nitrogen and oxygen atoms in total. The number of pyridine rings is 1. The Morgan fingerprint density at radius 3 is 2.43 bits per heavy atom. The molecule has 1 amide bonds. The van der Waals surface area contributed by atoms with E-state index >= 15 is 0 Å². The minimum Gasteiger partial charge on any atom is -0.326 e. The molecule has 0 aliphatic carbocycles. The van der Waals surface area contributed by atoms with Crippen LogP contribution in [-0.4, -0.2) is 10.9 Å². The third kappa shape index (κ3) is 4.21. The lowest BCUT2D eigenvalue weighted by atomic mass is 9.97. The number of aryl methyl sites for hydroxylation is 1. The van der Waals surface area contributed by atoms with Crippen LogP contribution in [0, 0.1) is 5.92 Å². The lowest BCUT2D eigenvalue weighted by molar-refractivity contribution is -0.120. The molecule has 1 heterocycles. The molecule has 2 N–H and O–H groups in total. The number of amides is 1. The summed E-state index contributed by atoms with van der Waals surface area (Å²) in [5, 5.41) is 4.03.